The van der Waals surface area contributed by atoms with Gasteiger partial charge in [0.1, 0.15) is 18.2 Å². The molecule has 0 radical (unpaired) electrons. The van der Waals surface area contributed by atoms with E-state index in [0.717, 1.165) is 35.9 Å². The van der Waals surface area contributed by atoms with Crippen LogP contribution in [0.25, 0.3) is 0 Å². The lowest BCUT2D eigenvalue weighted by Crippen LogP contribution is -2.14. The first-order valence-corrected chi connectivity index (χ1v) is 6.60. The van der Waals surface area contributed by atoms with Crippen LogP contribution in [0.15, 0.2) is 24.3 Å². The van der Waals surface area contributed by atoms with Crippen LogP contribution in [0.4, 0.5) is 0 Å². The number of nitrogens with zero attached hydrogens (tertiary/aromatic N) is 3. The van der Waals surface area contributed by atoms with Gasteiger partial charge in [-0.05, 0) is 30.5 Å². The van der Waals surface area contributed by atoms with Crippen LogP contribution in [-0.4, -0.2) is 19.9 Å². The second-order valence-corrected chi connectivity index (χ2v) is 4.74. The Kier molecular flexibility index (Phi) is 3.46. The van der Waals surface area contributed by atoms with E-state index < -0.39 is 0 Å². The molecule has 2 aromatic rings. The van der Waals surface area contributed by atoms with Crippen molar-refractivity contribution in [2.24, 2.45) is 0 Å². The molecule has 3 rings (SSSR count). The largest absolute Gasteiger partial charge is 0.486 e. The molecule has 19 heavy (non-hydrogen) atoms. The molecule has 1 aliphatic heterocycles. The van der Waals surface area contributed by atoms with Crippen LogP contribution in [0.3, 0.4) is 0 Å². The molecule has 2 heterocycles. The lowest BCUT2D eigenvalue weighted by atomic mass is 10.2. The van der Waals surface area contributed by atoms with Gasteiger partial charge in [0.05, 0.1) is 6.61 Å². The maximum atomic E-state index is 9.09. The van der Waals surface area contributed by atoms with Crippen LogP contribution in [0.1, 0.15) is 30.1 Å². The number of rotatable bonds is 4. The summed E-state index contributed by atoms with van der Waals surface area (Å²) < 4.78 is 7.88. The Morgan fingerprint density at radius 2 is 2.21 bits per heavy atom. The van der Waals surface area contributed by atoms with Crippen LogP contribution < -0.4 is 4.74 Å². The van der Waals surface area contributed by atoms with Crippen molar-refractivity contribution < 1.29 is 9.84 Å². The van der Waals surface area contributed by atoms with Crippen LogP contribution in [0, 0.1) is 0 Å². The zero-order valence-corrected chi connectivity index (χ0v) is 10.7. The van der Waals surface area contributed by atoms with Gasteiger partial charge in [-0.2, -0.15) is 0 Å². The Bertz CT molecular complexity index is 566. The Morgan fingerprint density at radius 1 is 1.26 bits per heavy atom. The van der Waals surface area contributed by atoms with Gasteiger partial charge in [-0.1, -0.05) is 12.1 Å². The fourth-order valence-corrected chi connectivity index (χ4v) is 2.36. The smallest absolute Gasteiger partial charge is 0.171 e. The highest BCUT2D eigenvalue weighted by atomic mass is 16.5. The summed E-state index contributed by atoms with van der Waals surface area (Å²) in [5, 5.41) is 17.5. The minimum absolute atomic E-state index is 0.0253. The molecule has 0 saturated carbocycles. The predicted molar refractivity (Wildman–Crippen MR) is 69.7 cm³/mol. The van der Waals surface area contributed by atoms with Crippen molar-refractivity contribution in [3.8, 4) is 5.75 Å². The van der Waals surface area contributed by atoms with Gasteiger partial charge >= 0.3 is 0 Å². The molecule has 0 amide bonds. The molecule has 1 aliphatic rings. The summed E-state index contributed by atoms with van der Waals surface area (Å²) in [6, 6.07) is 7.46. The van der Waals surface area contributed by atoms with Gasteiger partial charge in [0.2, 0.25) is 0 Å². The van der Waals surface area contributed by atoms with E-state index in [2.05, 4.69) is 14.8 Å². The molecular formula is C14H17N3O2. The first-order valence-electron chi connectivity index (χ1n) is 6.60. The van der Waals surface area contributed by atoms with Crippen LogP contribution in [0.5, 0.6) is 5.75 Å². The van der Waals surface area contributed by atoms with Gasteiger partial charge in [0, 0.05) is 13.0 Å². The summed E-state index contributed by atoms with van der Waals surface area (Å²) in [6.45, 7) is 1.43. The third-order valence-electron chi connectivity index (χ3n) is 3.39. The average Bonchev–Trinajstić information content (AvgIpc) is 2.89. The Morgan fingerprint density at radius 3 is 3.11 bits per heavy atom. The van der Waals surface area contributed by atoms with E-state index in [0.29, 0.717) is 6.61 Å². The topological polar surface area (TPSA) is 60.2 Å². The molecule has 1 N–H and O–H groups in total. The van der Waals surface area contributed by atoms with Gasteiger partial charge < -0.3 is 14.4 Å². The van der Waals surface area contributed by atoms with Crippen molar-refractivity contribution >= 4 is 0 Å². The molecular weight excluding hydrogens is 242 g/mol. The summed E-state index contributed by atoms with van der Waals surface area (Å²) in [4.78, 5) is 0. The van der Waals surface area contributed by atoms with Crippen LogP contribution >= 0.6 is 0 Å². The van der Waals surface area contributed by atoms with Crippen molar-refractivity contribution in [3.05, 3.63) is 41.5 Å². The van der Waals surface area contributed by atoms with Gasteiger partial charge in [0.15, 0.2) is 5.82 Å². The van der Waals surface area contributed by atoms with E-state index in [1.54, 1.807) is 0 Å². The molecule has 1 aromatic heterocycles. The number of aryl methyl sites for hydroxylation is 1. The predicted octanol–water partition coefficient (Wildman–Crippen LogP) is 1.69. The van der Waals surface area contributed by atoms with E-state index in [4.69, 9.17) is 9.84 Å². The molecule has 5 nitrogen and oxygen atoms in total. The fourth-order valence-electron chi connectivity index (χ4n) is 2.36. The summed E-state index contributed by atoms with van der Waals surface area (Å²) in [6.07, 6.45) is 3.38. The second-order valence-electron chi connectivity index (χ2n) is 4.74. The number of aliphatic hydroxyl groups is 1. The average molecular weight is 259 g/mol. The molecule has 0 atom stereocenters. The Hall–Kier alpha value is -1.88. The number of ether oxygens (including phenoxy) is 1. The maximum absolute atomic E-state index is 9.09. The quantitative estimate of drug-likeness (QED) is 0.907. The summed E-state index contributed by atoms with van der Waals surface area (Å²) in [7, 11) is 0. The van der Waals surface area contributed by atoms with Gasteiger partial charge in [-0.3, -0.25) is 0 Å². The number of benzene rings is 1. The van der Waals surface area contributed by atoms with Crippen molar-refractivity contribution in [1.82, 2.24) is 14.8 Å². The summed E-state index contributed by atoms with van der Waals surface area (Å²) in [5.74, 6) is 2.69. The van der Waals surface area contributed by atoms with E-state index in [1.165, 1.54) is 12.8 Å². The number of fused-ring (bicyclic) bond motifs is 1. The molecule has 1 aromatic carbocycles. The highest BCUT2D eigenvalue weighted by Crippen LogP contribution is 2.17. The lowest BCUT2D eigenvalue weighted by Gasteiger charge is -2.15. The molecule has 0 bridgehead atoms. The molecule has 0 fully saturated rings. The normalized spacial score (nSPS) is 14.2. The fraction of sp³-hybridized carbons (Fsp3) is 0.429. The van der Waals surface area contributed by atoms with Crippen LogP contribution in [0.2, 0.25) is 0 Å². The zero-order chi connectivity index (χ0) is 13.1. The molecule has 100 valence electrons. The van der Waals surface area contributed by atoms with Gasteiger partial charge in [0.25, 0.3) is 0 Å². The van der Waals surface area contributed by atoms with Crippen LogP contribution in [-0.2, 0) is 26.2 Å². The lowest BCUT2D eigenvalue weighted by molar-refractivity contribution is 0.273. The van der Waals surface area contributed by atoms with E-state index >= 15 is 0 Å². The standard InChI is InChI=1S/C14H17N3O2/c18-9-11-4-3-5-12(8-11)19-10-14-16-15-13-6-1-2-7-17(13)14/h3-5,8,18H,1-2,6-7,9-10H2. The zero-order valence-electron chi connectivity index (χ0n) is 10.7. The molecule has 5 heteroatoms. The van der Waals surface area contributed by atoms with Crippen molar-refractivity contribution in [2.45, 2.75) is 39.0 Å². The van der Waals surface area contributed by atoms with Gasteiger partial charge in [-0.25, -0.2) is 0 Å². The molecule has 0 saturated heterocycles. The van der Waals surface area contributed by atoms with E-state index in [-0.39, 0.29) is 6.61 Å². The minimum Gasteiger partial charge on any atom is -0.486 e. The summed E-state index contributed by atoms with van der Waals surface area (Å²) >= 11 is 0. The minimum atomic E-state index is 0.0253. The molecule has 0 aliphatic carbocycles. The Balaban J connectivity index is 1.70. The number of hydrogen-bond donors (Lipinski definition) is 1. The SMILES string of the molecule is OCc1cccc(OCc2nnc3n2CCCC3)c1. The maximum Gasteiger partial charge on any atom is 0.171 e. The third-order valence-corrected chi connectivity index (χ3v) is 3.39. The second kappa shape index (κ2) is 5.40. The van der Waals surface area contributed by atoms with Gasteiger partial charge in [-0.15, -0.1) is 10.2 Å². The third kappa shape index (κ3) is 2.61. The first-order chi connectivity index (χ1) is 9.36. The number of aliphatic hydroxyl groups excluding tert-OH is 1. The highest BCUT2D eigenvalue weighted by Gasteiger charge is 2.15. The monoisotopic (exact) mass is 259 g/mol. The number of aromatic nitrogens is 3. The summed E-state index contributed by atoms with van der Waals surface area (Å²) in [5.41, 5.74) is 0.848. The van der Waals surface area contributed by atoms with Crippen molar-refractivity contribution in [3.63, 3.8) is 0 Å². The van der Waals surface area contributed by atoms with E-state index in [1.807, 2.05) is 24.3 Å². The van der Waals surface area contributed by atoms with Crippen molar-refractivity contribution in [2.75, 3.05) is 0 Å². The molecule has 0 unspecified atom stereocenters. The van der Waals surface area contributed by atoms with E-state index in [9.17, 15) is 0 Å². The molecule has 0 spiro atoms. The number of hydrogen-bond acceptors (Lipinski definition) is 4. The first kappa shape index (κ1) is 12.2. The van der Waals surface area contributed by atoms with Crippen molar-refractivity contribution in [1.29, 1.82) is 0 Å². The Labute approximate surface area is 111 Å². The highest BCUT2D eigenvalue weighted by molar-refractivity contribution is 5.28.